The van der Waals surface area contributed by atoms with Gasteiger partial charge in [0.05, 0.1) is 34.4 Å². The molecule has 0 aliphatic carbocycles. The lowest BCUT2D eigenvalue weighted by Crippen LogP contribution is -2.50. The van der Waals surface area contributed by atoms with E-state index in [0.717, 1.165) is 57.8 Å². The average molecular weight is 767 g/mol. The Bertz CT molecular complexity index is 1220. The number of carbonyl (C=O) groups is 3. The van der Waals surface area contributed by atoms with Gasteiger partial charge in [-0.15, -0.1) is 0 Å². The van der Waals surface area contributed by atoms with E-state index in [0.29, 0.717) is 12.8 Å². The number of carboxylic acid groups (broad SMARTS) is 1. The fourth-order valence-corrected chi connectivity index (χ4v) is 5.41. The van der Waals surface area contributed by atoms with Crippen LogP contribution < -0.4 is 0 Å². The number of ether oxygens (including phenoxy) is 3. The second kappa shape index (κ2) is 37.2. The monoisotopic (exact) mass is 767 g/mol. The Morgan fingerprint density at radius 1 is 0.564 bits per heavy atom. The normalized spacial score (nSPS) is 14.0. The van der Waals surface area contributed by atoms with Gasteiger partial charge >= 0.3 is 17.9 Å². The number of aliphatic carboxylic acids is 1. The number of carboxylic acids is 1. The van der Waals surface area contributed by atoms with E-state index in [4.69, 9.17) is 14.2 Å². The third-order valence-electron chi connectivity index (χ3n) is 8.66. The molecule has 0 spiro atoms. The van der Waals surface area contributed by atoms with Crippen LogP contribution in [0.5, 0.6) is 0 Å². The van der Waals surface area contributed by atoms with Crippen LogP contribution in [-0.4, -0.2) is 80.6 Å². The van der Waals surface area contributed by atoms with E-state index >= 15 is 0 Å². The first-order chi connectivity index (χ1) is 26.6. The van der Waals surface area contributed by atoms with Crippen LogP contribution in [0.2, 0.25) is 0 Å². The molecule has 8 nitrogen and oxygen atoms in total. The third-order valence-corrected chi connectivity index (χ3v) is 8.66. The standard InChI is InChI=1S/C47H75NO7/c1-6-8-10-12-14-16-18-20-21-22-23-24-26-28-30-32-34-36-38-46(50)55-43(41-53-40-39-44(47(51)52)48(3,4)5)42-54-45(49)37-35-33-31-29-27-25-19-17-15-13-11-9-7-2/h9,11,13,15,17-25,27,29,31,43-44H,6-8,10,12,14,16,26,28,30,32-42H2,1-5H3/p+1/b11-9+,15-13+,19-17+,20-18+,22-21+,24-23+,27-25+,31-29+. The average Bonchev–Trinajstić information content (AvgIpc) is 3.14. The largest absolute Gasteiger partial charge is 0.477 e. The summed E-state index contributed by atoms with van der Waals surface area (Å²) in [6, 6.07) is -0.634. The van der Waals surface area contributed by atoms with Gasteiger partial charge in [-0.25, -0.2) is 4.79 Å². The molecule has 2 atom stereocenters. The SMILES string of the molecule is CC/C=C/C=C/C=C/C=C/C=C/CCCC(=O)OCC(COCCC(C(=O)O)[N+](C)(C)C)OC(=O)CCCCCCC/C=C/C=C/C=C/CCCCCCC. The van der Waals surface area contributed by atoms with Gasteiger partial charge < -0.3 is 23.8 Å². The van der Waals surface area contributed by atoms with Gasteiger partial charge in [0.1, 0.15) is 6.61 Å². The molecular formula is C47H76NO7+. The number of carbonyl (C=O) groups excluding carboxylic acids is 2. The third kappa shape index (κ3) is 35.7. The summed E-state index contributed by atoms with van der Waals surface area (Å²) in [4.78, 5) is 36.9. The van der Waals surface area contributed by atoms with E-state index in [9.17, 15) is 19.5 Å². The van der Waals surface area contributed by atoms with E-state index in [1.807, 2.05) is 75.8 Å². The highest BCUT2D eigenvalue weighted by Gasteiger charge is 2.31. The summed E-state index contributed by atoms with van der Waals surface area (Å²) in [6.45, 7) is 4.44. The van der Waals surface area contributed by atoms with Crippen LogP contribution in [0.4, 0.5) is 0 Å². The van der Waals surface area contributed by atoms with Crippen molar-refractivity contribution in [3.8, 4) is 0 Å². The Kier molecular flexibility index (Phi) is 34.7. The zero-order chi connectivity index (χ0) is 40.7. The molecule has 55 heavy (non-hydrogen) atoms. The summed E-state index contributed by atoms with van der Waals surface area (Å²) in [6.07, 6.45) is 48.9. The lowest BCUT2D eigenvalue weighted by molar-refractivity contribution is -0.887. The molecule has 0 aliphatic heterocycles. The highest BCUT2D eigenvalue weighted by Crippen LogP contribution is 2.12. The number of hydrogen-bond donors (Lipinski definition) is 1. The summed E-state index contributed by atoms with van der Waals surface area (Å²) in [7, 11) is 5.48. The number of unbranched alkanes of at least 4 members (excludes halogenated alkanes) is 11. The van der Waals surface area contributed by atoms with Crippen molar-refractivity contribution in [3.63, 3.8) is 0 Å². The molecule has 310 valence electrons. The molecule has 0 radical (unpaired) electrons. The zero-order valence-corrected chi connectivity index (χ0v) is 35.1. The van der Waals surface area contributed by atoms with Crippen LogP contribution >= 0.6 is 0 Å². The van der Waals surface area contributed by atoms with Crippen LogP contribution in [0.15, 0.2) is 97.2 Å². The van der Waals surface area contributed by atoms with Crippen LogP contribution in [-0.2, 0) is 28.6 Å². The number of likely N-dealkylation sites (N-methyl/N-ethyl adjacent to an activating group) is 1. The highest BCUT2D eigenvalue weighted by molar-refractivity contribution is 5.72. The minimum atomic E-state index is -0.894. The van der Waals surface area contributed by atoms with E-state index in [2.05, 4.69) is 56.4 Å². The maximum Gasteiger partial charge on any atom is 0.362 e. The van der Waals surface area contributed by atoms with Crippen molar-refractivity contribution < 1.29 is 38.2 Å². The Morgan fingerprint density at radius 3 is 1.56 bits per heavy atom. The number of esters is 2. The molecule has 0 aromatic rings. The first-order valence-corrected chi connectivity index (χ1v) is 20.9. The maximum absolute atomic E-state index is 12.7. The number of quaternary nitrogens is 1. The van der Waals surface area contributed by atoms with Crippen LogP contribution in [0.1, 0.15) is 129 Å². The summed E-state index contributed by atoms with van der Waals surface area (Å²) < 4.78 is 17.1. The van der Waals surface area contributed by atoms with Crippen LogP contribution in [0, 0.1) is 0 Å². The van der Waals surface area contributed by atoms with E-state index in [1.54, 1.807) is 0 Å². The minimum Gasteiger partial charge on any atom is -0.477 e. The fourth-order valence-electron chi connectivity index (χ4n) is 5.41. The summed E-state index contributed by atoms with van der Waals surface area (Å²) in [5.74, 6) is -1.61. The number of allylic oxidation sites excluding steroid dienone is 16. The first-order valence-electron chi connectivity index (χ1n) is 20.9. The second-order valence-corrected chi connectivity index (χ2v) is 14.7. The van der Waals surface area contributed by atoms with Gasteiger partial charge in [0.2, 0.25) is 0 Å². The predicted molar refractivity (Wildman–Crippen MR) is 229 cm³/mol. The molecule has 0 heterocycles. The molecule has 0 fully saturated rings. The lowest BCUT2D eigenvalue weighted by atomic mass is 10.1. The van der Waals surface area contributed by atoms with E-state index < -0.39 is 18.1 Å². The molecule has 0 saturated carbocycles. The molecule has 0 rings (SSSR count). The highest BCUT2D eigenvalue weighted by atomic mass is 16.6. The topological polar surface area (TPSA) is 99.1 Å². The Labute approximate surface area is 335 Å². The lowest BCUT2D eigenvalue weighted by Gasteiger charge is -2.31. The smallest absolute Gasteiger partial charge is 0.362 e. The van der Waals surface area contributed by atoms with Crippen molar-refractivity contribution in [3.05, 3.63) is 97.2 Å². The molecule has 0 saturated heterocycles. The molecule has 0 aliphatic rings. The van der Waals surface area contributed by atoms with E-state index in [1.165, 1.54) is 32.1 Å². The number of rotatable bonds is 35. The van der Waals surface area contributed by atoms with E-state index in [-0.39, 0.29) is 49.1 Å². The fraction of sp³-hybridized carbons (Fsp3) is 0.596. The minimum absolute atomic E-state index is 0.0232. The molecule has 0 amide bonds. The first kappa shape index (κ1) is 51.2. The van der Waals surface area contributed by atoms with Crippen LogP contribution in [0.3, 0.4) is 0 Å². The molecule has 1 N–H and O–H groups in total. The van der Waals surface area contributed by atoms with Crippen molar-refractivity contribution >= 4 is 17.9 Å². The molecular weight excluding hydrogens is 691 g/mol. The number of nitrogens with zero attached hydrogens (tertiary/aromatic N) is 1. The van der Waals surface area contributed by atoms with Crippen molar-refractivity contribution in [2.24, 2.45) is 0 Å². The summed E-state index contributed by atoms with van der Waals surface area (Å²) >= 11 is 0. The van der Waals surface area contributed by atoms with Gasteiger partial charge in [0.25, 0.3) is 0 Å². The van der Waals surface area contributed by atoms with Crippen molar-refractivity contribution in [2.45, 2.75) is 142 Å². The predicted octanol–water partition coefficient (Wildman–Crippen LogP) is 11.1. The van der Waals surface area contributed by atoms with Gasteiger partial charge in [-0.2, -0.15) is 0 Å². The van der Waals surface area contributed by atoms with Gasteiger partial charge in [-0.05, 0) is 51.4 Å². The van der Waals surface area contributed by atoms with Gasteiger partial charge in [0, 0.05) is 19.3 Å². The summed E-state index contributed by atoms with van der Waals surface area (Å²) in [5.41, 5.74) is 0. The molecule has 8 heteroatoms. The molecule has 2 unspecified atom stereocenters. The second-order valence-electron chi connectivity index (χ2n) is 14.7. The zero-order valence-electron chi connectivity index (χ0n) is 35.1. The molecule has 0 aromatic heterocycles. The van der Waals surface area contributed by atoms with Crippen molar-refractivity contribution in [1.29, 1.82) is 0 Å². The van der Waals surface area contributed by atoms with Gasteiger partial charge in [-0.1, -0.05) is 156 Å². The number of hydrogen-bond acceptors (Lipinski definition) is 6. The quantitative estimate of drug-likeness (QED) is 0.0297. The van der Waals surface area contributed by atoms with Gasteiger partial charge in [0.15, 0.2) is 12.1 Å². The Hall–Kier alpha value is -3.75. The Morgan fingerprint density at radius 2 is 1.04 bits per heavy atom. The van der Waals surface area contributed by atoms with Crippen molar-refractivity contribution in [1.82, 2.24) is 0 Å². The molecule has 0 aromatic carbocycles. The van der Waals surface area contributed by atoms with Crippen molar-refractivity contribution in [2.75, 3.05) is 41.0 Å². The molecule has 0 bridgehead atoms. The Balaban J connectivity index is 4.54. The van der Waals surface area contributed by atoms with Gasteiger partial charge in [-0.3, -0.25) is 9.59 Å². The van der Waals surface area contributed by atoms with Crippen LogP contribution in [0.25, 0.3) is 0 Å². The maximum atomic E-state index is 12.7. The summed E-state index contributed by atoms with van der Waals surface area (Å²) in [5, 5.41) is 9.60.